The van der Waals surface area contributed by atoms with Crippen LogP contribution in [0.1, 0.15) is 37.0 Å². The van der Waals surface area contributed by atoms with E-state index in [1.807, 2.05) is 68.4 Å². The van der Waals surface area contributed by atoms with E-state index in [1.165, 1.54) is 11.8 Å². The van der Waals surface area contributed by atoms with Crippen LogP contribution in [0.2, 0.25) is 0 Å². The Bertz CT molecular complexity index is 1480. The van der Waals surface area contributed by atoms with Gasteiger partial charge in [-0.1, -0.05) is 67.1 Å². The van der Waals surface area contributed by atoms with E-state index < -0.39 is 28.5 Å². The minimum Gasteiger partial charge on any atom is -0.486 e. The molecule has 0 saturated heterocycles. The molecule has 1 aliphatic heterocycles. The maximum atomic E-state index is 14.3. The molecule has 0 radical (unpaired) electrons. The molecule has 0 aliphatic carbocycles. The van der Waals surface area contributed by atoms with Gasteiger partial charge >= 0.3 is 0 Å². The van der Waals surface area contributed by atoms with E-state index in [0.29, 0.717) is 36.9 Å². The first-order valence-corrected chi connectivity index (χ1v) is 15.9. The summed E-state index contributed by atoms with van der Waals surface area (Å²) in [5.74, 6) is -0.0551. The van der Waals surface area contributed by atoms with Crippen LogP contribution in [0.5, 0.6) is 11.5 Å². The van der Waals surface area contributed by atoms with E-state index in [1.54, 1.807) is 18.2 Å². The van der Waals surface area contributed by atoms with Crippen LogP contribution in [0.25, 0.3) is 0 Å². The third-order valence-electron chi connectivity index (χ3n) is 7.05. The van der Waals surface area contributed by atoms with Crippen molar-refractivity contribution in [2.45, 2.75) is 46.2 Å². The Morgan fingerprint density at radius 1 is 0.905 bits per heavy atom. The molecule has 2 amide bonds. The predicted octanol–water partition coefficient (Wildman–Crippen LogP) is 4.09. The first-order chi connectivity index (χ1) is 20.2. The van der Waals surface area contributed by atoms with Crippen LogP contribution in [0.15, 0.2) is 72.8 Å². The highest BCUT2D eigenvalue weighted by atomic mass is 32.2. The van der Waals surface area contributed by atoms with E-state index in [2.05, 4.69) is 5.32 Å². The number of carbonyl (C=O) groups is 2. The lowest BCUT2D eigenvalue weighted by Crippen LogP contribution is -2.53. The van der Waals surface area contributed by atoms with Crippen LogP contribution in [0.3, 0.4) is 0 Å². The highest BCUT2D eigenvalue weighted by molar-refractivity contribution is 7.92. The molecular weight excluding hydrogens is 554 g/mol. The summed E-state index contributed by atoms with van der Waals surface area (Å²) in [4.78, 5) is 29.4. The van der Waals surface area contributed by atoms with Crippen LogP contribution in [-0.4, -0.2) is 63.2 Å². The fraction of sp³-hybridized carbons (Fsp3) is 0.375. The molecule has 0 saturated carbocycles. The lowest BCUT2D eigenvalue weighted by atomic mass is 10.0. The molecule has 0 aromatic heterocycles. The fourth-order valence-corrected chi connectivity index (χ4v) is 5.89. The molecule has 0 bridgehead atoms. The molecule has 0 unspecified atom stereocenters. The number of aryl methyl sites for hydroxylation is 1. The lowest BCUT2D eigenvalue weighted by Gasteiger charge is -2.34. The monoisotopic (exact) mass is 593 g/mol. The summed E-state index contributed by atoms with van der Waals surface area (Å²) in [6.45, 7) is 6.32. The van der Waals surface area contributed by atoms with Gasteiger partial charge in [0.25, 0.3) is 0 Å². The summed E-state index contributed by atoms with van der Waals surface area (Å²) in [6, 6.07) is 21.2. The smallest absolute Gasteiger partial charge is 0.244 e. The van der Waals surface area contributed by atoms with Gasteiger partial charge in [-0.2, -0.15) is 0 Å². The average Bonchev–Trinajstić information content (AvgIpc) is 3.00. The van der Waals surface area contributed by atoms with Gasteiger partial charge in [-0.15, -0.1) is 0 Å². The largest absolute Gasteiger partial charge is 0.486 e. The van der Waals surface area contributed by atoms with Crippen LogP contribution in [-0.2, 0) is 32.6 Å². The third kappa shape index (κ3) is 7.82. The van der Waals surface area contributed by atoms with Crippen LogP contribution >= 0.6 is 0 Å². The molecule has 3 aromatic carbocycles. The van der Waals surface area contributed by atoms with Gasteiger partial charge in [0, 0.05) is 25.6 Å². The Kier molecular flexibility index (Phi) is 10.5. The second-order valence-corrected chi connectivity index (χ2v) is 12.4. The number of nitrogens with one attached hydrogen (secondary N) is 1. The number of anilines is 1. The van der Waals surface area contributed by atoms with Gasteiger partial charge < -0.3 is 19.7 Å². The summed E-state index contributed by atoms with van der Waals surface area (Å²) in [6.07, 6.45) is 1.01. The number of carbonyl (C=O) groups excluding carboxylic acids is 2. The molecule has 9 nitrogen and oxygen atoms in total. The van der Waals surface area contributed by atoms with Gasteiger partial charge in [0.05, 0.1) is 11.4 Å². The molecule has 4 rings (SSSR count). The van der Waals surface area contributed by atoms with Gasteiger partial charge in [0.1, 0.15) is 25.8 Å². The second kappa shape index (κ2) is 14.2. The number of amides is 2. The van der Waals surface area contributed by atoms with Gasteiger partial charge in [-0.05, 0) is 43.5 Å². The number of hydrogen-bond acceptors (Lipinski definition) is 6. The van der Waals surface area contributed by atoms with Crippen molar-refractivity contribution in [1.29, 1.82) is 0 Å². The summed E-state index contributed by atoms with van der Waals surface area (Å²) in [5, 5.41) is 2.95. The van der Waals surface area contributed by atoms with Crippen LogP contribution in [0.4, 0.5) is 5.69 Å². The average molecular weight is 594 g/mol. The normalized spacial score (nSPS) is 13.2. The molecule has 1 N–H and O–H groups in total. The van der Waals surface area contributed by atoms with E-state index in [4.69, 9.17) is 9.47 Å². The minimum absolute atomic E-state index is 0.138. The van der Waals surface area contributed by atoms with Crippen molar-refractivity contribution in [2.24, 2.45) is 0 Å². The molecule has 0 fully saturated rings. The van der Waals surface area contributed by atoms with Crippen molar-refractivity contribution in [2.75, 3.05) is 36.4 Å². The third-order valence-corrected chi connectivity index (χ3v) is 8.79. The number of benzene rings is 3. The van der Waals surface area contributed by atoms with Crippen molar-refractivity contribution in [1.82, 2.24) is 10.2 Å². The molecular formula is C32H39N3O6S. The van der Waals surface area contributed by atoms with Gasteiger partial charge in [0.2, 0.25) is 21.8 Å². The number of hydrogen-bond donors (Lipinski definition) is 1. The number of sulfonamides is 1. The predicted molar refractivity (Wildman–Crippen MR) is 163 cm³/mol. The zero-order valence-electron chi connectivity index (χ0n) is 24.4. The quantitative estimate of drug-likeness (QED) is 0.320. The number of nitrogens with zero attached hydrogens (tertiary/aromatic N) is 2. The summed E-state index contributed by atoms with van der Waals surface area (Å²) in [5.41, 5.74) is 3.04. The van der Waals surface area contributed by atoms with Crippen molar-refractivity contribution >= 4 is 27.5 Å². The maximum Gasteiger partial charge on any atom is 0.244 e. The van der Waals surface area contributed by atoms with Crippen LogP contribution < -0.4 is 19.1 Å². The van der Waals surface area contributed by atoms with Crippen molar-refractivity contribution in [3.63, 3.8) is 0 Å². The van der Waals surface area contributed by atoms with Crippen LogP contribution in [0, 0.1) is 6.92 Å². The molecule has 1 heterocycles. The Morgan fingerprint density at radius 3 is 2.31 bits per heavy atom. The SMILES string of the molecule is CCCNC(=O)[C@@H](Cc1ccccc1)N(Cc1cccc(C)c1)C(=O)CN(c1ccc2c(c1)OCCO2)S(=O)(=O)CC. The minimum atomic E-state index is -3.88. The van der Waals surface area contributed by atoms with Gasteiger partial charge in [-0.3, -0.25) is 13.9 Å². The van der Waals surface area contributed by atoms with E-state index in [9.17, 15) is 18.0 Å². The zero-order valence-corrected chi connectivity index (χ0v) is 25.2. The summed E-state index contributed by atoms with van der Waals surface area (Å²) < 4.78 is 39.1. The zero-order chi connectivity index (χ0) is 30.1. The topological polar surface area (TPSA) is 105 Å². The Morgan fingerprint density at radius 2 is 1.62 bits per heavy atom. The van der Waals surface area contributed by atoms with Crippen molar-refractivity contribution < 1.29 is 27.5 Å². The van der Waals surface area contributed by atoms with Crippen molar-refractivity contribution in [3.8, 4) is 11.5 Å². The molecule has 0 spiro atoms. The number of ether oxygens (including phenoxy) is 2. The van der Waals surface area contributed by atoms with E-state index in [-0.39, 0.29) is 24.6 Å². The van der Waals surface area contributed by atoms with E-state index >= 15 is 0 Å². The second-order valence-electron chi connectivity index (χ2n) is 10.2. The fourth-order valence-electron chi connectivity index (χ4n) is 4.83. The Hall–Kier alpha value is -4.05. The Balaban J connectivity index is 1.74. The first-order valence-electron chi connectivity index (χ1n) is 14.3. The van der Waals surface area contributed by atoms with Crippen molar-refractivity contribution in [3.05, 3.63) is 89.5 Å². The van der Waals surface area contributed by atoms with E-state index in [0.717, 1.165) is 27.4 Å². The molecule has 1 atom stereocenters. The summed E-state index contributed by atoms with van der Waals surface area (Å²) >= 11 is 0. The summed E-state index contributed by atoms with van der Waals surface area (Å²) in [7, 11) is -3.88. The molecule has 1 aliphatic rings. The highest BCUT2D eigenvalue weighted by Crippen LogP contribution is 2.35. The molecule has 3 aromatic rings. The van der Waals surface area contributed by atoms with Gasteiger partial charge in [-0.25, -0.2) is 8.42 Å². The maximum absolute atomic E-state index is 14.3. The highest BCUT2D eigenvalue weighted by Gasteiger charge is 2.34. The Labute approximate surface area is 248 Å². The number of rotatable bonds is 13. The lowest BCUT2D eigenvalue weighted by molar-refractivity contribution is -0.140. The van der Waals surface area contributed by atoms with Gasteiger partial charge in [0.15, 0.2) is 11.5 Å². The first kappa shape index (κ1) is 30.9. The molecule has 224 valence electrons. The standard InChI is InChI=1S/C32H39N3O6S/c1-4-16-33-32(37)28(20-25-11-7-6-8-12-25)34(22-26-13-9-10-24(3)19-26)31(36)23-35(42(38,39)5-2)27-14-15-29-30(21-27)41-18-17-40-29/h6-15,19,21,28H,4-5,16-18,20,22-23H2,1-3H3,(H,33,37)/t28-/m1/s1. The molecule has 42 heavy (non-hydrogen) atoms. The molecule has 10 heteroatoms. The number of fused-ring (bicyclic) bond motifs is 1.